The lowest BCUT2D eigenvalue weighted by Crippen LogP contribution is -2.20. The van der Waals surface area contributed by atoms with Gasteiger partial charge in [0.15, 0.2) is 0 Å². The van der Waals surface area contributed by atoms with Gasteiger partial charge in [-0.2, -0.15) is 4.98 Å². The van der Waals surface area contributed by atoms with Gasteiger partial charge in [0, 0.05) is 17.6 Å². The lowest BCUT2D eigenvalue weighted by molar-refractivity contribution is 0.170. The summed E-state index contributed by atoms with van der Waals surface area (Å²) < 4.78 is 5.65. The molecule has 1 fully saturated rings. The molecular weight excluding hydrogens is 282 g/mol. The van der Waals surface area contributed by atoms with Gasteiger partial charge in [0.05, 0.1) is 6.61 Å². The average molecular weight is 301 g/mol. The second kappa shape index (κ2) is 6.80. The van der Waals surface area contributed by atoms with Crippen LogP contribution in [0.4, 0.5) is 5.82 Å². The molecule has 1 aliphatic rings. The molecule has 1 aromatic carbocycles. The molecule has 0 atom stereocenters. The van der Waals surface area contributed by atoms with Crippen LogP contribution < -0.4 is 10.1 Å². The molecule has 110 valence electrons. The number of aromatic nitrogens is 2. The smallest absolute Gasteiger partial charge is 0.318 e. The van der Waals surface area contributed by atoms with Crippen molar-refractivity contribution in [3.8, 4) is 6.01 Å². The number of nitrogens with zero attached hydrogens (tertiary/aromatic N) is 2. The van der Waals surface area contributed by atoms with E-state index in [4.69, 9.17) is 4.74 Å². The zero-order valence-corrected chi connectivity index (χ0v) is 12.7. The van der Waals surface area contributed by atoms with Gasteiger partial charge in [0.1, 0.15) is 5.82 Å². The Morgan fingerprint density at radius 1 is 1.24 bits per heavy atom. The first-order chi connectivity index (χ1) is 10.3. The van der Waals surface area contributed by atoms with E-state index in [1.807, 2.05) is 30.3 Å². The van der Waals surface area contributed by atoms with Crippen LogP contribution in [-0.4, -0.2) is 16.6 Å². The SMILES string of the molecule is Sc1ccccc1CNc1ccnc(OCC2CCC2)n1. The fourth-order valence-electron chi connectivity index (χ4n) is 2.21. The number of benzene rings is 1. The van der Waals surface area contributed by atoms with E-state index >= 15 is 0 Å². The van der Waals surface area contributed by atoms with E-state index in [1.165, 1.54) is 19.3 Å². The van der Waals surface area contributed by atoms with Gasteiger partial charge in [-0.25, -0.2) is 4.98 Å². The van der Waals surface area contributed by atoms with Crippen LogP contribution in [0.3, 0.4) is 0 Å². The van der Waals surface area contributed by atoms with Gasteiger partial charge in [0.25, 0.3) is 0 Å². The highest BCUT2D eigenvalue weighted by atomic mass is 32.1. The van der Waals surface area contributed by atoms with Gasteiger partial charge < -0.3 is 10.1 Å². The minimum Gasteiger partial charge on any atom is -0.463 e. The van der Waals surface area contributed by atoms with Gasteiger partial charge >= 0.3 is 6.01 Å². The van der Waals surface area contributed by atoms with Crippen LogP contribution in [0.2, 0.25) is 0 Å². The van der Waals surface area contributed by atoms with Crippen molar-refractivity contribution in [1.29, 1.82) is 0 Å². The minimum atomic E-state index is 0.450. The van der Waals surface area contributed by atoms with Gasteiger partial charge in [-0.15, -0.1) is 12.6 Å². The molecule has 0 aliphatic heterocycles. The highest BCUT2D eigenvalue weighted by Crippen LogP contribution is 2.26. The van der Waals surface area contributed by atoms with Gasteiger partial charge in [-0.3, -0.25) is 0 Å². The Morgan fingerprint density at radius 3 is 2.86 bits per heavy atom. The summed E-state index contributed by atoms with van der Waals surface area (Å²) >= 11 is 4.44. The first-order valence-corrected chi connectivity index (χ1v) is 7.72. The Balaban J connectivity index is 1.56. The predicted octanol–water partition coefficient (Wildman–Crippen LogP) is 3.56. The first-order valence-electron chi connectivity index (χ1n) is 7.28. The molecule has 0 radical (unpaired) electrons. The average Bonchev–Trinajstić information content (AvgIpc) is 2.45. The Bertz CT molecular complexity index is 602. The summed E-state index contributed by atoms with van der Waals surface area (Å²) in [6, 6.07) is 10.3. The van der Waals surface area contributed by atoms with Crippen molar-refractivity contribution >= 4 is 18.4 Å². The number of thiol groups is 1. The van der Waals surface area contributed by atoms with Crippen LogP contribution >= 0.6 is 12.6 Å². The third kappa shape index (κ3) is 3.88. The van der Waals surface area contributed by atoms with Crippen LogP contribution in [0.15, 0.2) is 41.4 Å². The number of rotatable bonds is 6. The van der Waals surface area contributed by atoms with E-state index in [1.54, 1.807) is 6.20 Å². The fraction of sp³-hybridized carbons (Fsp3) is 0.375. The zero-order valence-electron chi connectivity index (χ0n) is 11.8. The third-order valence-corrected chi connectivity index (χ3v) is 4.19. The molecule has 1 saturated carbocycles. The third-order valence-electron chi connectivity index (χ3n) is 3.76. The zero-order chi connectivity index (χ0) is 14.5. The Kier molecular flexibility index (Phi) is 4.60. The maximum atomic E-state index is 5.65. The maximum absolute atomic E-state index is 5.65. The molecule has 1 aromatic heterocycles. The van der Waals surface area contributed by atoms with Crippen molar-refractivity contribution in [1.82, 2.24) is 9.97 Å². The topological polar surface area (TPSA) is 47.0 Å². The number of anilines is 1. The second-order valence-electron chi connectivity index (χ2n) is 5.31. The molecule has 0 amide bonds. The van der Waals surface area contributed by atoms with Crippen molar-refractivity contribution in [2.24, 2.45) is 5.92 Å². The molecule has 0 bridgehead atoms. The fourth-order valence-corrected chi connectivity index (χ4v) is 2.45. The molecule has 1 N–H and O–H groups in total. The van der Waals surface area contributed by atoms with E-state index < -0.39 is 0 Å². The molecule has 3 rings (SSSR count). The van der Waals surface area contributed by atoms with Crippen LogP contribution in [0.5, 0.6) is 6.01 Å². The highest BCUT2D eigenvalue weighted by Gasteiger charge is 2.18. The number of hydrogen-bond donors (Lipinski definition) is 2. The van der Waals surface area contributed by atoms with E-state index in [-0.39, 0.29) is 0 Å². The number of ether oxygens (including phenoxy) is 1. The normalized spacial score (nSPS) is 14.5. The molecule has 4 nitrogen and oxygen atoms in total. The highest BCUT2D eigenvalue weighted by molar-refractivity contribution is 7.80. The maximum Gasteiger partial charge on any atom is 0.318 e. The number of nitrogens with one attached hydrogen (secondary N) is 1. The Morgan fingerprint density at radius 2 is 2.10 bits per heavy atom. The van der Waals surface area contributed by atoms with Crippen LogP contribution in [0.1, 0.15) is 24.8 Å². The summed E-state index contributed by atoms with van der Waals surface area (Å²) in [6.45, 7) is 1.40. The Hall–Kier alpha value is -1.75. The number of hydrogen-bond acceptors (Lipinski definition) is 5. The minimum absolute atomic E-state index is 0.450. The van der Waals surface area contributed by atoms with Crippen molar-refractivity contribution in [2.75, 3.05) is 11.9 Å². The standard InChI is InChI=1S/C16H19N3OS/c21-14-7-2-1-6-13(14)10-18-15-8-9-17-16(19-15)20-11-12-4-3-5-12/h1-2,6-9,12,21H,3-5,10-11H2,(H,17,18,19). The molecule has 2 aromatic rings. The van der Waals surface area contributed by atoms with Gasteiger partial charge in [0.2, 0.25) is 0 Å². The molecular formula is C16H19N3OS. The summed E-state index contributed by atoms with van der Waals surface area (Å²) in [5.41, 5.74) is 1.14. The quantitative estimate of drug-likeness (QED) is 0.801. The summed E-state index contributed by atoms with van der Waals surface area (Å²) in [7, 11) is 0. The van der Waals surface area contributed by atoms with Gasteiger partial charge in [-0.05, 0) is 36.5 Å². The van der Waals surface area contributed by atoms with Crippen molar-refractivity contribution in [2.45, 2.75) is 30.7 Å². The molecule has 1 heterocycles. The molecule has 0 saturated heterocycles. The van der Waals surface area contributed by atoms with Crippen molar-refractivity contribution < 1.29 is 4.74 Å². The van der Waals surface area contributed by atoms with Crippen molar-refractivity contribution in [3.05, 3.63) is 42.1 Å². The summed E-state index contributed by atoms with van der Waals surface area (Å²) in [6.07, 6.45) is 5.56. The molecule has 1 aliphatic carbocycles. The van der Waals surface area contributed by atoms with E-state index in [2.05, 4.69) is 27.9 Å². The van der Waals surface area contributed by atoms with Crippen molar-refractivity contribution in [3.63, 3.8) is 0 Å². The monoisotopic (exact) mass is 301 g/mol. The van der Waals surface area contributed by atoms with E-state index in [0.29, 0.717) is 18.5 Å². The molecule has 0 spiro atoms. The second-order valence-corrected chi connectivity index (χ2v) is 5.80. The van der Waals surface area contributed by atoms with Crippen LogP contribution in [0, 0.1) is 5.92 Å². The van der Waals surface area contributed by atoms with E-state index in [0.717, 1.165) is 22.9 Å². The van der Waals surface area contributed by atoms with Gasteiger partial charge in [-0.1, -0.05) is 24.6 Å². The largest absolute Gasteiger partial charge is 0.463 e. The molecule has 21 heavy (non-hydrogen) atoms. The summed E-state index contributed by atoms with van der Waals surface area (Å²) in [4.78, 5) is 9.51. The summed E-state index contributed by atoms with van der Waals surface area (Å²) in [5, 5.41) is 3.28. The van der Waals surface area contributed by atoms with E-state index in [9.17, 15) is 0 Å². The summed E-state index contributed by atoms with van der Waals surface area (Å²) in [5.74, 6) is 1.45. The van der Waals surface area contributed by atoms with Crippen LogP contribution in [0.25, 0.3) is 0 Å². The first kappa shape index (κ1) is 14.2. The Labute approximate surface area is 130 Å². The van der Waals surface area contributed by atoms with Crippen LogP contribution in [-0.2, 0) is 6.54 Å². The lowest BCUT2D eigenvalue weighted by atomic mass is 9.86. The molecule has 0 unspecified atom stereocenters. The predicted molar refractivity (Wildman–Crippen MR) is 85.9 cm³/mol. The molecule has 5 heteroatoms. The lowest BCUT2D eigenvalue weighted by Gasteiger charge is -2.24.